The first-order valence-electron chi connectivity index (χ1n) is 6.07. The Labute approximate surface area is 110 Å². The molecule has 2 aromatic rings. The van der Waals surface area contributed by atoms with Crippen LogP contribution >= 0.6 is 0 Å². The van der Waals surface area contributed by atoms with Crippen molar-refractivity contribution in [3.05, 3.63) is 65.7 Å². The molecule has 4 heteroatoms. The van der Waals surface area contributed by atoms with Crippen molar-refractivity contribution in [2.75, 3.05) is 6.54 Å². The van der Waals surface area contributed by atoms with E-state index in [-0.39, 0.29) is 11.6 Å². The predicted octanol–water partition coefficient (Wildman–Crippen LogP) is 3.43. The zero-order valence-electron chi connectivity index (χ0n) is 10.4. The summed E-state index contributed by atoms with van der Waals surface area (Å²) in [6, 6.07) is 12.2. The van der Waals surface area contributed by atoms with Gasteiger partial charge < -0.3 is 10.5 Å². The Morgan fingerprint density at radius 1 is 1.05 bits per heavy atom. The molecule has 2 aromatic carbocycles. The second kappa shape index (κ2) is 6.29. The molecule has 19 heavy (non-hydrogen) atoms. The zero-order valence-corrected chi connectivity index (χ0v) is 10.4. The van der Waals surface area contributed by atoms with Crippen LogP contribution in [0.15, 0.2) is 48.5 Å². The Morgan fingerprint density at radius 3 is 2.53 bits per heavy atom. The van der Waals surface area contributed by atoms with Gasteiger partial charge in [0.15, 0.2) is 11.6 Å². The maximum Gasteiger partial charge on any atom is 0.165 e. The summed E-state index contributed by atoms with van der Waals surface area (Å²) in [7, 11) is 0. The molecular weight excluding hydrogens is 248 g/mol. The smallest absolute Gasteiger partial charge is 0.165 e. The number of para-hydroxylation sites is 1. The van der Waals surface area contributed by atoms with Crippen LogP contribution < -0.4 is 10.5 Å². The molecule has 0 spiro atoms. The van der Waals surface area contributed by atoms with Crippen molar-refractivity contribution < 1.29 is 13.5 Å². The predicted molar refractivity (Wildman–Crippen MR) is 69.8 cm³/mol. The number of ether oxygens (including phenoxy) is 1. The molecule has 0 fully saturated rings. The van der Waals surface area contributed by atoms with Gasteiger partial charge in [-0.25, -0.2) is 8.78 Å². The molecule has 2 rings (SSSR count). The van der Waals surface area contributed by atoms with Gasteiger partial charge in [-0.1, -0.05) is 24.3 Å². The van der Waals surface area contributed by atoms with Gasteiger partial charge in [0.1, 0.15) is 11.9 Å². The Hall–Kier alpha value is -1.94. The SMILES string of the molecule is NCC[C@H](Oc1ccccc1F)c1cccc(F)c1. The maximum atomic E-state index is 13.6. The van der Waals surface area contributed by atoms with Crippen LogP contribution in [0.4, 0.5) is 8.78 Å². The van der Waals surface area contributed by atoms with E-state index in [2.05, 4.69) is 0 Å². The highest BCUT2D eigenvalue weighted by atomic mass is 19.1. The third-order valence-electron chi connectivity index (χ3n) is 2.76. The number of hydrogen-bond donors (Lipinski definition) is 1. The van der Waals surface area contributed by atoms with E-state index < -0.39 is 11.9 Å². The lowest BCUT2D eigenvalue weighted by molar-refractivity contribution is 0.188. The first kappa shape index (κ1) is 13.5. The molecule has 2 nitrogen and oxygen atoms in total. The molecule has 0 aliphatic carbocycles. The average molecular weight is 263 g/mol. The van der Waals surface area contributed by atoms with E-state index in [0.29, 0.717) is 18.5 Å². The summed E-state index contributed by atoms with van der Waals surface area (Å²) in [5.74, 6) is -0.650. The molecule has 0 aromatic heterocycles. The van der Waals surface area contributed by atoms with Gasteiger partial charge in [0.25, 0.3) is 0 Å². The average Bonchev–Trinajstić information content (AvgIpc) is 2.40. The summed E-state index contributed by atoms with van der Waals surface area (Å²) in [4.78, 5) is 0. The fraction of sp³-hybridized carbons (Fsp3) is 0.200. The molecule has 0 unspecified atom stereocenters. The topological polar surface area (TPSA) is 35.2 Å². The van der Waals surface area contributed by atoms with Crippen molar-refractivity contribution in [1.82, 2.24) is 0 Å². The van der Waals surface area contributed by atoms with Gasteiger partial charge in [-0.05, 0) is 36.4 Å². The minimum Gasteiger partial charge on any atom is -0.483 e. The highest BCUT2D eigenvalue weighted by Gasteiger charge is 2.15. The Kier molecular flexibility index (Phi) is 4.47. The molecule has 0 aliphatic rings. The van der Waals surface area contributed by atoms with E-state index in [0.717, 1.165) is 0 Å². The molecule has 1 atom stereocenters. The summed E-state index contributed by atoms with van der Waals surface area (Å²) in [6.07, 6.45) is 0.0234. The van der Waals surface area contributed by atoms with Crippen molar-refractivity contribution >= 4 is 0 Å². The second-order valence-electron chi connectivity index (χ2n) is 4.17. The third-order valence-corrected chi connectivity index (χ3v) is 2.76. The fourth-order valence-electron chi connectivity index (χ4n) is 1.85. The van der Waals surface area contributed by atoms with Crippen LogP contribution in [0.5, 0.6) is 5.75 Å². The van der Waals surface area contributed by atoms with Crippen LogP contribution in [0.25, 0.3) is 0 Å². The lowest BCUT2D eigenvalue weighted by atomic mass is 10.1. The van der Waals surface area contributed by atoms with Crippen molar-refractivity contribution in [1.29, 1.82) is 0 Å². The number of benzene rings is 2. The van der Waals surface area contributed by atoms with Gasteiger partial charge in [-0.15, -0.1) is 0 Å². The number of hydrogen-bond acceptors (Lipinski definition) is 2. The molecular formula is C15H15F2NO. The van der Waals surface area contributed by atoms with Gasteiger partial charge in [0, 0.05) is 6.42 Å². The van der Waals surface area contributed by atoms with Crippen LogP contribution in [0, 0.1) is 11.6 Å². The maximum absolute atomic E-state index is 13.6. The summed E-state index contributed by atoms with van der Waals surface area (Å²) in [6.45, 7) is 0.371. The van der Waals surface area contributed by atoms with E-state index in [1.54, 1.807) is 24.3 Å². The lowest BCUT2D eigenvalue weighted by Gasteiger charge is -2.19. The van der Waals surface area contributed by atoms with Crippen molar-refractivity contribution in [3.63, 3.8) is 0 Å². The summed E-state index contributed by atoms with van der Waals surface area (Å²) in [5.41, 5.74) is 6.18. The molecule has 100 valence electrons. The fourth-order valence-corrected chi connectivity index (χ4v) is 1.85. The van der Waals surface area contributed by atoms with Crippen molar-refractivity contribution in [3.8, 4) is 5.75 Å². The van der Waals surface area contributed by atoms with Gasteiger partial charge >= 0.3 is 0 Å². The molecule has 0 amide bonds. The van der Waals surface area contributed by atoms with Gasteiger partial charge in [0.2, 0.25) is 0 Å². The summed E-state index contributed by atoms with van der Waals surface area (Å²) in [5, 5.41) is 0. The summed E-state index contributed by atoms with van der Waals surface area (Å²) >= 11 is 0. The lowest BCUT2D eigenvalue weighted by Crippen LogP contribution is -2.14. The van der Waals surface area contributed by atoms with Crippen LogP contribution in [0.1, 0.15) is 18.1 Å². The minimum absolute atomic E-state index is 0.144. The number of rotatable bonds is 5. The third kappa shape index (κ3) is 3.51. The highest BCUT2D eigenvalue weighted by Crippen LogP contribution is 2.26. The first-order chi connectivity index (χ1) is 9.20. The van der Waals surface area contributed by atoms with Crippen LogP contribution in [0.2, 0.25) is 0 Å². The molecule has 0 saturated heterocycles. The number of halogens is 2. The van der Waals surface area contributed by atoms with Gasteiger partial charge in [0.05, 0.1) is 0 Å². The molecule has 0 heterocycles. The van der Waals surface area contributed by atoms with E-state index in [4.69, 9.17) is 10.5 Å². The van der Waals surface area contributed by atoms with Gasteiger partial charge in [-0.3, -0.25) is 0 Å². The van der Waals surface area contributed by atoms with Crippen LogP contribution in [-0.2, 0) is 0 Å². The second-order valence-corrected chi connectivity index (χ2v) is 4.17. The molecule has 0 saturated carbocycles. The van der Waals surface area contributed by atoms with Crippen LogP contribution in [0.3, 0.4) is 0 Å². The van der Waals surface area contributed by atoms with Crippen LogP contribution in [-0.4, -0.2) is 6.54 Å². The minimum atomic E-state index is -0.461. The largest absolute Gasteiger partial charge is 0.483 e. The van der Waals surface area contributed by atoms with Crippen molar-refractivity contribution in [2.45, 2.75) is 12.5 Å². The molecule has 2 N–H and O–H groups in total. The molecule has 0 radical (unpaired) electrons. The number of nitrogens with two attached hydrogens (primary N) is 1. The zero-order chi connectivity index (χ0) is 13.7. The molecule has 0 bridgehead atoms. The Morgan fingerprint density at radius 2 is 1.84 bits per heavy atom. The summed E-state index contributed by atoms with van der Waals surface area (Å²) < 4.78 is 32.4. The standard InChI is InChI=1S/C15H15F2NO/c16-12-5-3-4-11(10-12)14(8-9-18)19-15-7-2-1-6-13(15)17/h1-7,10,14H,8-9,18H2/t14-/m0/s1. The van der Waals surface area contributed by atoms with Crippen molar-refractivity contribution in [2.24, 2.45) is 5.73 Å². The van der Waals surface area contributed by atoms with E-state index in [1.807, 2.05) is 0 Å². The van der Waals surface area contributed by atoms with E-state index >= 15 is 0 Å². The molecule has 0 aliphatic heterocycles. The van der Waals surface area contributed by atoms with E-state index in [9.17, 15) is 8.78 Å². The van der Waals surface area contributed by atoms with E-state index in [1.165, 1.54) is 24.3 Å². The normalized spacial score (nSPS) is 12.2. The monoisotopic (exact) mass is 263 g/mol. The first-order valence-corrected chi connectivity index (χ1v) is 6.07. The Balaban J connectivity index is 2.24. The quantitative estimate of drug-likeness (QED) is 0.897. The Bertz CT molecular complexity index is 545. The highest BCUT2D eigenvalue weighted by molar-refractivity contribution is 5.26. The van der Waals surface area contributed by atoms with Gasteiger partial charge in [-0.2, -0.15) is 0 Å².